The molecule has 29 heavy (non-hydrogen) atoms. The Balaban J connectivity index is 1.51. The largest absolute Gasteiger partial charge is 0.457 e. The van der Waals surface area contributed by atoms with Crippen LogP contribution in [0, 0.1) is 0 Å². The van der Waals surface area contributed by atoms with Crippen LogP contribution < -0.4 is 11.5 Å². The molecule has 0 unspecified atom stereocenters. The molecule has 4 rings (SSSR count). The monoisotopic (exact) mass is 384 g/mol. The van der Waals surface area contributed by atoms with Crippen LogP contribution in [0.1, 0.15) is 27.0 Å². The van der Waals surface area contributed by atoms with Gasteiger partial charge in [-0.1, -0.05) is 54.6 Å². The van der Waals surface area contributed by atoms with E-state index in [0.717, 1.165) is 16.7 Å². The Labute approximate surface area is 168 Å². The normalized spacial score (nSPS) is 10.8. The highest BCUT2D eigenvalue weighted by Crippen LogP contribution is 2.21. The van der Waals surface area contributed by atoms with Gasteiger partial charge in [0.05, 0.1) is 11.1 Å². The molecule has 0 aliphatic carbocycles. The van der Waals surface area contributed by atoms with Crippen molar-refractivity contribution in [2.24, 2.45) is 0 Å². The molecule has 4 N–H and O–H groups in total. The number of fused-ring (bicyclic) bond motifs is 1. The van der Waals surface area contributed by atoms with E-state index in [4.69, 9.17) is 16.2 Å². The number of aromatic nitrogens is 2. The van der Waals surface area contributed by atoms with Crippen molar-refractivity contribution in [3.63, 3.8) is 0 Å². The van der Waals surface area contributed by atoms with Gasteiger partial charge in [-0.3, -0.25) is 0 Å². The van der Waals surface area contributed by atoms with Crippen LogP contribution >= 0.6 is 0 Å². The van der Waals surface area contributed by atoms with Crippen LogP contribution in [0.5, 0.6) is 0 Å². The second kappa shape index (κ2) is 7.98. The topological polar surface area (TPSA) is 104 Å². The Bertz CT molecular complexity index is 1180. The number of ether oxygens (including phenoxy) is 1. The van der Waals surface area contributed by atoms with E-state index in [9.17, 15) is 4.79 Å². The van der Waals surface area contributed by atoms with Crippen molar-refractivity contribution in [2.45, 2.75) is 13.0 Å². The van der Waals surface area contributed by atoms with Gasteiger partial charge in [0.2, 0.25) is 5.95 Å². The second-order valence-corrected chi connectivity index (χ2v) is 6.71. The molecule has 6 heteroatoms. The van der Waals surface area contributed by atoms with E-state index < -0.39 is 0 Å². The van der Waals surface area contributed by atoms with Crippen molar-refractivity contribution >= 4 is 28.6 Å². The number of nitrogens with zero attached hydrogens (tertiary/aromatic N) is 2. The summed E-state index contributed by atoms with van der Waals surface area (Å²) in [6.45, 7) is 0.123. The van der Waals surface area contributed by atoms with E-state index in [0.29, 0.717) is 28.7 Å². The highest BCUT2D eigenvalue weighted by atomic mass is 16.5. The van der Waals surface area contributed by atoms with Crippen molar-refractivity contribution in [3.8, 4) is 0 Å². The number of hydrogen-bond acceptors (Lipinski definition) is 6. The molecule has 144 valence electrons. The van der Waals surface area contributed by atoms with E-state index in [2.05, 4.69) is 9.97 Å². The van der Waals surface area contributed by atoms with E-state index in [1.54, 1.807) is 12.1 Å². The Hall–Kier alpha value is -3.93. The van der Waals surface area contributed by atoms with Crippen LogP contribution in [0.3, 0.4) is 0 Å². The van der Waals surface area contributed by atoms with Gasteiger partial charge in [-0.15, -0.1) is 0 Å². The number of nitrogens with two attached hydrogens (primary N) is 2. The minimum atomic E-state index is -0.363. The molecule has 0 saturated carbocycles. The average Bonchev–Trinajstić information content (AvgIpc) is 2.73. The molecule has 0 bridgehead atoms. The van der Waals surface area contributed by atoms with Crippen LogP contribution in [-0.4, -0.2) is 15.9 Å². The average molecular weight is 384 g/mol. The molecule has 1 heterocycles. The fourth-order valence-corrected chi connectivity index (χ4v) is 3.22. The third kappa shape index (κ3) is 4.16. The molecule has 0 aliphatic heterocycles. The molecule has 0 atom stereocenters. The van der Waals surface area contributed by atoms with Crippen molar-refractivity contribution in [2.75, 3.05) is 11.5 Å². The first-order chi connectivity index (χ1) is 14.1. The molecule has 3 aromatic carbocycles. The van der Waals surface area contributed by atoms with Crippen molar-refractivity contribution in [1.82, 2.24) is 9.97 Å². The summed E-state index contributed by atoms with van der Waals surface area (Å²) in [7, 11) is 0. The summed E-state index contributed by atoms with van der Waals surface area (Å²) >= 11 is 0. The lowest BCUT2D eigenvalue weighted by atomic mass is 10.00. The maximum absolute atomic E-state index is 12.7. The molecular formula is C23H20N4O2. The van der Waals surface area contributed by atoms with Gasteiger partial charge in [-0.05, 0) is 41.3 Å². The van der Waals surface area contributed by atoms with Crippen LogP contribution in [0.15, 0.2) is 72.8 Å². The van der Waals surface area contributed by atoms with Gasteiger partial charge in [0.15, 0.2) is 0 Å². The Morgan fingerprint density at radius 2 is 1.62 bits per heavy atom. The van der Waals surface area contributed by atoms with Gasteiger partial charge in [0.25, 0.3) is 0 Å². The second-order valence-electron chi connectivity index (χ2n) is 6.71. The zero-order valence-electron chi connectivity index (χ0n) is 15.7. The lowest BCUT2D eigenvalue weighted by Crippen LogP contribution is -2.09. The van der Waals surface area contributed by atoms with Crippen LogP contribution in [0.4, 0.5) is 11.8 Å². The first-order valence-corrected chi connectivity index (χ1v) is 9.21. The first kappa shape index (κ1) is 18.4. The highest BCUT2D eigenvalue weighted by molar-refractivity contribution is 5.91. The number of esters is 1. The summed E-state index contributed by atoms with van der Waals surface area (Å²) in [6, 6.07) is 22.9. The molecule has 0 spiro atoms. The number of nitrogen functional groups attached to an aromatic ring is 2. The Morgan fingerprint density at radius 1 is 0.862 bits per heavy atom. The van der Waals surface area contributed by atoms with E-state index in [1.165, 1.54) is 0 Å². The molecule has 0 saturated heterocycles. The lowest BCUT2D eigenvalue weighted by molar-refractivity contribution is 0.0471. The fourth-order valence-electron chi connectivity index (χ4n) is 3.22. The predicted molar refractivity (Wildman–Crippen MR) is 113 cm³/mol. The van der Waals surface area contributed by atoms with Crippen molar-refractivity contribution in [3.05, 3.63) is 95.1 Å². The minimum absolute atomic E-state index is 0.123. The lowest BCUT2D eigenvalue weighted by Gasteiger charge is -2.11. The fraction of sp³-hybridized carbons (Fsp3) is 0.0870. The zero-order valence-corrected chi connectivity index (χ0v) is 15.7. The Morgan fingerprint density at radius 3 is 2.45 bits per heavy atom. The number of carbonyl (C=O) groups excluding carboxylic acids is 1. The van der Waals surface area contributed by atoms with Crippen LogP contribution in [0.2, 0.25) is 0 Å². The summed E-state index contributed by atoms with van der Waals surface area (Å²) in [5.74, 6) is 0.0660. The molecular weight excluding hydrogens is 364 g/mol. The van der Waals surface area contributed by atoms with Gasteiger partial charge in [-0.25, -0.2) is 9.78 Å². The summed E-state index contributed by atoms with van der Waals surface area (Å²) in [5, 5.41) is 0.678. The van der Waals surface area contributed by atoms with Gasteiger partial charge in [0, 0.05) is 5.39 Å². The van der Waals surface area contributed by atoms with Gasteiger partial charge in [-0.2, -0.15) is 4.98 Å². The van der Waals surface area contributed by atoms with Gasteiger partial charge >= 0.3 is 5.97 Å². The molecule has 0 aliphatic rings. The Kier molecular flexibility index (Phi) is 5.07. The number of benzene rings is 3. The minimum Gasteiger partial charge on any atom is -0.457 e. The third-order valence-electron chi connectivity index (χ3n) is 4.65. The smallest absolute Gasteiger partial charge is 0.338 e. The maximum Gasteiger partial charge on any atom is 0.338 e. The summed E-state index contributed by atoms with van der Waals surface area (Å²) in [4.78, 5) is 20.8. The molecule has 4 aromatic rings. The predicted octanol–water partition coefficient (Wildman–Crippen LogP) is 3.74. The summed E-state index contributed by atoms with van der Waals surface area (Å²) in [6.07, 6.45) is 0.664. The SMILES string of the molecule is Nc1nc(N)c2cc(COC(=O)c3ccccc3Cc3ccccc3)ccc2n1. The van der Waals surface area contributed by atoms with Crippen molar-refractivity contribution < 1.29 is 9.53 Å². The molecule has 0 amide bonds. The number of rotatable bonds is 5. The number of carbonyl (C=O) groups is 1. The van der Waals surface area contributed by atoms with Crippen LogP contribution in [0.25, 0.3) is 10.9 Å². The maximum atomic E-state index is 12.7. The van der Waals surface area contributed by atoms with E-state index >= 15 is 0 Å². The van der Waals surface area contributed by atoms with Gasteiger partial charge < -0.3 is 16.2 Å². The first-order valence-electron chi connectivity index (χ1n) is 9.21. The van der Waals surface area contributed by atoms with Crippen LogP contribution in [-0.2, 0) is 17.8 Å². The van der Waals surface area contributed by atoms with E-state index in [1.807, 2.05) is 60.7 Å². The van der Waals surface area contributed by atoms with E-state index in [-0.39, 0.29) is 18.5 Å². The quantitative estimate of drug-likeness (QED) is 0.508. The summed E-state index contributed by atoms with van der Waals surface area (Å²) < 4.78 is 5.56. The molecule has 6 nitrogen and oxygen atoms in total. The highest BCUT2D eigenvalue weighted by Gasteiger charge is 2.13. The standard InChI is InChI=1S/C23H20N4O2/c24-21-19-13-16(10-11-20(19)26-23(25)27-21)14-29-22(28)18-9-5-4-8-17(18)12-15-6-2-1-3-7-15/h1-11,13H,12,14H2,(H4,24,25,26,27). The van der Waals surface area contributed by atoms with Gasteiger partial charge in [0.1, 0.15) is 12.4 Å². The number of anilines is 2. The molecule has 0 radical (unpaired) electrons. The third-order valence-corrected chi connectivity index (χ3v) is 4.65. The molecule has 1 aromatic heterocycles. The zero-order chi connectivity index (χ0) is 20.2. The number of hydrogen-bond donors (Lipinski definition) is 2. The molecule has 0 fully saturated rings. The van der Waals surface area contributed by atoms with Crippen molar-refractivity contribution in [1.29, 1.82) is 0 Å². The summed E-state index contributed by atoms with van der Waals surface area (Å²) in [5.41, 5.74) is 15.6.